The van der Waals surface area contributed by atoms with Crippen molar-refractivity contribution in [1.82, 2.24) is 0 Å². The van der Waals surface area contributed by atoms with Crippen molar-refractivity contribution in [2.24, 2.45) is 5.73 Å². The van der Waals surface area contributed by atoms with E-state index in [9.17, 15) is 24.2 Å². The third-order valence-electron chi connectivity index (χ3n) is 7.79. The molecule has 0 aromatic carbocycles. The number of aliphatic hydroxyl groups is 1. The number of phosphoric acid groups is 1. The number of ether oxygens (including phenoxy) is 2. The molecule has 3 atom stereocenters. The summed E-state index contributed by atoms with van der Waals surface area (Å²) in [7, 11) is -4.39. The van der Waals surface area contributed by atoms with Crippen molar-refractivity contribution in [3.05, 3.63) is 48.6 Å². The number of unbranched alkanes of at least 4 members (excludes halogenated alkanes) is 12. The SMILES string of the molecule is CCCCCCCCCCCCCC(=O)OC[C@H](COP(=O)(O)OCCN)OC(=O)CCC/C=C\C/C=C\C/C=C\C/C=C\[C@H](O)CCCC. The molecule has 0 aromatic rings. The highest BCUT2D eigenvalue weighted by molar-refractivity contribution is 7.47. The summed E-state index contributed by atoms with van der Waals surface area (Å²) in [6.45, 7) is 3.47. The normalized spacial score (nSPS) is 14.6. The lowest BCUT2D eigenvalue weighted by Gasteiger charge is -2.19. The minimum atomic E-state index is -4.39. The number of aliphatic hydroxyl groups excluding tert-OH is 1. The van der Waals surface area contributed by atoms with Crippen molar-refractivity contribution in [2.75, 3.05) is 26.4 Å². The van der Waals surface area contributed by atoms with E-state index in [1.807, 2.05) is 24.3 Å². The Hall–Kier alpha value is -2.07. The third-order valence-corrected chi connectivity index (χ3v) is 8.77. The van der Waals surface area contributed by atoms with Gasteiger partial charge < -0.3 is 25.2 Å². The lowest BCUT2D eigenvalue weighted by Crippen LogP contribution is -2.29. The molecule has 0 fully saturated rings. The second-order valence-electron chi connectivity index (χ2n) is 12.6. The molecule has 0 bridgehead atoms. The van der Waals surface area contributed by atoms with E-state index in [-0.39, 0.29) is 38.7 Å². The predicted octanol–water partition coefficient (Wildman–Crippen LogP) is 9.35. The van der Waals surface area contributed by atoms with Crippen LogP contribution in [0.5, 0.6) is 0 Å². The molecule has 0 spiro atoms. The van der Waals surface area contributed by atoms with Crippen molar-refractivity contribution in [3.63, 3.8) is 0 Å². The second-order valence-corrected chi connectivity index (χ2v) is 14.1. The highest BCUT2D eigenvalue weighted by atomic mass is 31.2. The van der Waals surface area contributed by atoms with Gasteiger partial charge in [0.15, 0.2) is 6.10 Å². The molecule has 0 heterocycles. The number of allylic oxidation sites excluding steroid dienone is 7. The molecule has 0 saturated heterocycles. The Morgan fingerprint density at radius 1 is 0.680 bits per heavy atom. The summed E-state index contributed by atoms with van der Waals surface area (Å²) in [5.74, 6) is -0.920. The van der Waals surface area contributed by atoms with Crippen LogP contribution in [0.25, 0.3) is 0 Å². The van der Waals surface area contributed by atoms with Gasteiger partial charge in [-0.2, -0.15) is 0 Å². The van der Waals surface area contributed by atoms with Crippen LogP contribution in [0, 0.1) is 0 Å². The van der Waals surface area contributed by atoms with Crippen LogP contribution in [-0.2, 0) is 32.7 Å². The van der Waals surface area contributed by atoms with E-state index in [2.05, 4.69) is 38.2 Å². The maximum absolute atomic E-state index is 12.5. The number of carbonyl (C=O) groups excluding carboxylic acids is 2. The van der Waals surface area contributed by atoms with Gasteiger partial charge in [-0.15, -0.1) is 0 Å². The molecule has 50 heavy (non-hydrogen) atoms. The predicted molar refractivity (Wildman–Crippen MR) is 202 cm³/mol. The monoisotopic (exact) mass is 727 g/mol. The maximum Gasteiger partial charge on any atom is 0.472 e. The Labute approximate surface area is 303 Å². The van der Waals surface area contributed by atoms with Crippen LogP contribution in [0.3, 0.4) is 0 Å². The van der Waals surface area contributed by atoms with Crippen LogP contribution in [0.1, 0.15) is 149 Å². The molecule has 0 amide bonds. The standard InChI is InChI=1S/C39H70NO9P/c1-3-5-7-8-9-10-13-17-20-23-26-30-38(42)46-34-37(35-48-50(44,45)47-33-32-40)49-39(43)31-27-24-21-18-15-12-11-14-16-19-22-25-29-36(41)28-6-4-2/h11-12,16,18-19,21,25,29,36-37,41H,3-10,13-15,17,20,22-24,26-28,30-35,40H2,1-2H3,(H,44,45)/b12-11-,19-16-,21-18-,29-25-/t36-,37-/m1/s1. The highest BCUT2D eigenvalue weighted by Gasteiger charge is 2.25. The van der Waals surface area contributed by atoms with Gasteiger partial charge in [-0.3, -0.25) is 18.6 Å². The summed E-state index contributed by atoms with van der Waals surface area (Å²) in [5.41, 5.74) is 5.32. The average molecular weight is 728 g/mol. The summed E-state index contributed by atoms with van der Waals surface area (Å²) < 4.78 is 32.5. The van der Waals surface area contributed by atoms with Crippen molar-refractivity contribution in [1.29, 1.82) is 0 Å². The van der Waals surface area contributed by atoms with E-state index in [4.69, 9.17) is 24.3 Å². The van der Waals surface area contributed by atoms with Gasteiger partial charge in [-0.1, -0.05) is 140 Å². The summed E-state index contributed by atoms with van der Waals surface area (Å²) in [6, 6.07) is 0. The van der Waals surface area contributed by atoms with E-state index < -0.39 is 32.5 Å². The largest absolute Gasteiger partial charge is 0.472 e. The van der Waals surface area contributed by atoms with Crippen LogP contribution in [0.4, 0.5) is 0 Å². The van der Waals surface area contributed by atoms with Crippen LogP contribution in [0.2, 0.25) is 0 Å². The Balaban J connectivity index is 4.36. The zero-order valence-corrected chi connectivity index (χ0v) is 32.1. The Morgan fingerprint density at radius 3 is 1.82 bits per heavy atom. The van der Waals surface area contributed by atoms with Crippen molar-refractivity contribution in [3.8, 4) is 0 Å². The molecule has 11 heteroatoms. The summed E-state index contributed by atoms with van der Waals surface area (Å²) in [5, 5.41) is 9.79. The fraction of sp³-hybridized carbons (Fsp3) is 0.744. The van der Waals surface area contributed by atoms with Crippen LogP contribution >= 0.6 is 7.82 Å². The van der Waals surface area contributed by atoms with Gasteiger partial charge in [0, 0.05) is 19.4 Å². The molecular formula is C39H70NO9P. The number of carbonyl (C=O) groups is 2. The Morgan fingerprint density at radius 2 is 1.22 bits per heavy atom. The summed E-state index contributed by atoms with van der Waals surface area (Å²) in [4.78, 5) is 34.7. The lowest BCUT2D eigenvalue weighted by atomic mass is 10.1. The molecule has 0 aliphatic heterocycles. The molecule has 0 aliphatic rings. The number of hydrogen-bond donors (Lipinski definition) is 3. The zero-order valence-electron chi connectivity index (χ0n) is 31.2. The highest BCUT2D eigenvalue weighted by Crippen LogP contribution is 2.43. The number of phosphoric ester groups is 1. The van der Waals surface area contributed by atoms with E-state index in [0.717, 1.165) is 57.8 Å². The lowest BCUT2D eigenvalue weighted by molar-refractivity contribution is -0.161. The zero-order chi connectivity index (χ0) is 37.0. The van der Waals surface area contributed by atoms with Crippen LogP contribution in [-0.4, -0.2) is 60.5 Å². The van der Waals surface area contributed by atoms with E-state index in [1.54, 1.807) is 0 Å². The molecule has 0 aromatic heterocycles. The molecule has 0 rings (SSSR count). The Kier molecular flexibility index (Phi) is 33.9. The summed E-state index contributed by atoms with van der Waals surface area (Å²) >= 11 is 0. The van der Waals surface area contributed by atoms with E-state index in [0.29, 0.717) is 12.8 Å². The molecule has 0 saturated carbocycles. The van der Waals surface area contributed by atoms with Crippen molar-refractivity contribution < 1.29 is 42.7 Å². The fourth-order valence-corrected chi connectivity index (χ4v) is 5.64. The molecule has 0 radical (unpaired) electrons. The van der Waals surface area contributed by atoms with Crippen LogP contribution < -0.4 is 5.73 Å². The molecule has 290 valence electrons. The van der Waals surface area contributed by atoms with Gasteiger partial charge >= 0.3 is 19.8 Å². The topological polar surface area (TPSA) is 155 Å². The van der Waals surface area contributed by atoms with Crippen molar-refractivity contribution in [2.45, 2.75) is 161 Å². The van der Waals surface area contributed by atoms with Gasteiger partial charge in [-0.25, -0.2) is 4.57 Å². The number of hydrogen-bond acceptors (Lipinski definition) is 9. The van der Waals surface area contributed by atoms with Gasteiger partial charge in [0.05, 0.1) is 19.3 Å². The van der Waals surface area contributed by atoms with Gasteiger partial charge in [-0.05, 0) is 44.9 Å². The number of esters is 2. The minimum absolute atomic E-state index is 0.0372. The Bertz CT molecular complexity index is 983. The molecule has 10 nitrogen and oxygen atoms in total. The number of rotatable bonds is 35. The minimum Gasteiger partial charge on any atom is -0.462 e. The van der Waals surface area contributed by atoms with Gasteiger partial charge in [0.1, 0.15) is 6.61 Å². The van der Waals surface area contributed by atoms with E-state index in [1.165, 1.54) is 51.4 Å². The fourth-order valence-electron chi connectivity index (χ4n) is 4.88. The first-order chi connectivity index (χ1) is 24.2. The third kappa shape index (κ3) is 34.4. The first-order valence-corrected chi connectivity index (χ1v) is 20.7. The van der Waals surface area contributed by atoms with Gasteiger partial charge in [0.25, 0.3) is 0 Å². The maximum atomic E-state index is 12.5. The summed E-state index contributed by atoms with van der Waals surface area (Å²) in [6.07, 6.45) is 34.9. The van der Waals surface area contributed by atoms with E-state index >= 15 is 0 Å². The average Bonchev–Trinajstić information content (AvgIpc) is 3.10. The van der Waals surface area contributed by atoms with Gasteiger partial charge in [0.2, 0.25) is 0 Å². The smallest absolute Gasteiger partial charge is 0.462 e. The molecular weight excluding hydrogens is 657 g/mol. The van der Waals surface area contributed by atoms with Crippen LogP contribution in [0.15, 0.2) is 48.6 Å². The number of nitrogens with two attached hydrogens (primary N) is 1. The first-order valence-electron chi connectivity index (χ1n) is 19.2. The van der Waals surface area contributed by atoms with Crippen molar-refractivity contribution >= 4 is 19.8 Å². The second kappa shape index (κ2) is 35.3. The molecule has 0 aliphatic carbocycles. The quantitative estimate of drug-likeness (QED) is 0.0249. The molecule has 1 unspecified atom stereocenters. The molecule has 4 N–H and O–H groups in total. The first kappa shape index (κ1) is 47.9.